The van der Waals surface area contributed by atoms with Gasteiger partial charge in [-0.05, 0) is 25.0 Å². The zero-order valence-electron chi connectivity index (χ0n) is 11.5. The molecule has 6 nitrogen and oxygen atoms in total. The molecular formula is C15H17N3O3. The molecule has 0 spiro atoms. The van der Waals surface area contributed by atoms with Crippen LogP contribution in [0.4, 0.5) is 10.5 Å². The molecule has 0 aliphatic rings. The number of pyridine rings is 1. The lowest BCUT2D eigenvalue weighted by molar-refractivity contribution is -0.137. The number of aliphatic carboxylic acids is 1. The number of amides is 2. The van der Waals surface area contributed by atoms with Crippen LogP contribution in [0.2, 0.25) is 0 Å². The average Bonchev–Trinajstić information content (AvgIpc) is 2.46. The minimum absolute atomic E-state index is 0.123. The van der Waals surface area contributed by atoms with E-state index in [2.05, 4.69) is 15.6 Å². The van der Waals surface area contributed by atoms with Gasteiger partial charge in [-0.2, -0.15) is 0 Å². The Balaban J connectivity index is 1.80. The number of benzene rings is 1. The van der Waals surface area contributed by atoms with Crippen LogP contribution in [-0.4, -0.2) is 28.6 Å². The van der Waals surface area contributed by atoms with Crippen molar-refractivity contribution in [3.05, 3.63) is 36.5 Å². The number of hydrogen-bond donors (Lipinski definition) is 3. The maximum absolute atomic E-state index is 11.7. The summed E-state index contributed by atoms with van der Waals surface area (Å²) in [6.45, 7) is 0.445. The molecule has 0 aliphatic heterocycles. The van der Waals surface area contributed by atoms with Crippen LogP contribution in [0.15, 0.2) is 36.5 Å². The molecule has 0 aliphatic carbocycles. The second-order valence-electron chi connectivity index (χ2n) is 4.65. The molecule has 6 heteroatoms. The van der Waals surface area contributed by atoms with Crippen LogP contribution in [-0.2, 0) is 4.79 Å². The Labute approximate surface area is 122 Å². The highest BCUT2D eigenvalue weighted by molar-refractivity contribution is 5.91. The van der Waals surface area contributed by atoms with E-state index in [0.717, 1.165) is 10.9 Å². The number of urea groups is 1. The second kappa shape index (κ2) is 7.23. The fourth-order valence-electron chi connectivity index (χ4n) is 1.92. The zero-order chi connectivity index (χ0) is 15.1. The van der Waals surface area contributed by atoms with Crippen molar-refractivity contribution >= 4 is 28.6 Å². The van der Waals surface area contributed by atoms with Crippen molar-refractivity contribution in [2.24, 2.45) is 0 Å². The first-order chi connectivity index (χ1) is 10.1. The van der Waals surface area contributed by atoms with Crippen LogP contribution in [0.25, 0.3) is 10.9 Å². The molecule has 1 aromatic heterocycles. The topological polar surface area (TPSA) is 91.3 Å². The highest BCUT2D eigenvalue weighted by Crippen LogP contribution is 2.15. The van der Waals surface area contributed by atoms with E-state index in [1.165, 1.54) is 0 Å². The van der Waals surface area contributed by atoms with Gasteiger partial charge in [-0.3, -0.25) is 9.78 Å². The number of rotatable bonds is 6. The normalized spacial score (nSPS) is 10.3. The van der Waals surface area contributed by atoms with Gasteiger partial charge in [-0.15, -0.1) is 0 Å². The van der Waals surface area contributed by atoms with Gasteiger partial charge in [0.15, 0.2) is 0 Å². The Kier molecular flexibility index (Phi) is 5.09. The summed E-state index contributed by atoms with van der Waals surface area (Å²) in [6, 6.07) is 9.19. The first kappa shape index (κ1) is 14.8. The molecule has 3 N–H and O–H groups in total. The van der Waals surface area contributed by atoms with E-state index >= 15 is 0 Å². The van der Waals surface area contributed by atoms with Crippen LogP contribution in [0, 0.1) is 0 Å². The number of carbonyl (C=O) groups excluding carboxylic acids is 1. The Morgan fingerprint density at radius 2 is 2.00 bits per heavy atom. The van der Waals surface area contributed by atoms with E-state index in [1.54, 1.807) is 6.20 Å². The Morgan fingerprint density at radius 3 is 2.81 bits per heavy atom. The number of unbranched alkanes of at least 4 members (excludes halogenated alkanes) is 1. The molecule has 0 radical (unpaired) electrons. The number of carbonyl (C=O) groups is 2. The minimum Gasteiger partial charge on any atom is -0.481 e. The molecule has 0 unspecified atom stereocenters. The summed E-state index contributed by atoms with van der Waals surface area (Å²) in [5, 5.41) is 14.8. The number of aromatic nitrogens is 1. The van der Waals surface area contributed by atoms with Gasteiger partial charge in [-0.25, -0.2) is 4.79 Å². The maximum Gasteiger partial charge on any atom is 0.319 e. The summed E-state index contributed by atoms with van der Waals surface area (Å²) in [5.74, 6) is -0.818. The van der Waals surface area contributed by atoms with Gasteiger partial charge >= 0.3 is 12.0 Å². The summed E-state index contributed by atoms with van der Waals surface area (Å²) >= 11 is 0. The Bertz CT molecular complexity index is 643. The van der Waals surface area contributed by atoms with Gasteiger partial charge in [0.2, 0.25) is 0 Å². The summed E-state index contributed by atoms with van der Waals surface area (Å²) < 4.78 is 0. The van der Waals surface area contributed by atoms with E-state index in [9.17, 15) is 9.59 Å². The van der Waals surface area contributed by atoms with E-state index in [-0.39, 0.29) is 12.5 Å². The first-order valence-corrected chi connectivity index (χ1v) is 6.76. The molecule has 110 valence electrons. The van der Waals surface area contributed by atoms with Gasteiger partial charge in [0.05, 0.1) is 17.4 Å². The fourth-order valence-corrected chi connectivity index (χ4v) is 1.92. The monoisotopic (exact) mass is 287 g/mol. The molecular weight excluding hydrogens is 270 g/mol. The number of fused-ring (bicyclic) bond motifs is 1. The van der Waals surface area contributed by atoms with E-state index in [0.29, 0.717) is 25.1 Å². The molecule has 0 bridgehead atoms. The van der Waals surface area contributed by atoms with E-state index in [4.69, 9.17) is 5.11 Å². The summed E-state index contributed by atoms with van der Waals surface area (Å²) in [6.07, 6.45) is 2.91. The number of carboxylic acids is 1. The van der Waals surface area contributed by atoms with Crippen LogP contribution in [0.5, 0.6) is 0 Å². The predicted octanol–water partition coefficient (Wildman–Crippen LogP) is 2.61. The molecule has 0 saturated heterocycles. The molecule has 1 heterocycles. The van der Waals surface area contributed by atoms with Gasteiger partial charge in [0.1, 0.15) is 0 Å². The first-order valence-electron chi connectivity index (χ1n) is 6.76. The average molecular weight is 287 g/mol. The van der Waals surface area contributed by atoms with Crippen LogP contribution >= 0.6 is 0 Å². The van der Waals surface area contributed by atoms with Crippen molar-refractivity contribution in [1.29, 1.82) is 0 Å². The number of nitrogens with one attached hydrogen (secondary N) is 2. The largest absolute Gasteiger partial charge is 0.481 e. The van der Waals surface area contributed by atoms with Crippen LogP contribution < -0.4 is 10.6 Å². The number of nitrogens with zero attached hydrogens (tertiary/aromatic N) is 1. The lowest BCUT2D eigenvalue weighted by atomic mass is 10.2. The molecule has 2 amide bonds. The summed E-state index contributed by atoms with van der Waals surface area (Å²) in [5.41, 5.74) is 1.49. The molecule has 2 aromatic rings. The predicted molar refractivity (Wildman–Crippen MR) is 80.3 cm³/mol. The van der Waals surface area contributed by atoms with Crippen molar-refractivity contribution in [3.63, 3.8) is 0 Å². The summed E-state index contributed by atoms with van der Waals surface area (Å²) in [4.78, 5) is 26.3. The molecule has 0 fully saturated rings. The van der Waals surface area contributed by atoms with Gasteiger partial charge < -0.3 is 15.7 Å². The molecule has 0 atom stereocenters. The molecule has 21 heavy (non-hydrogen) atoms. The summed E-state index contributed by atoms with van der Waals surface area (Å²) in [7, 11) is 0. The van der Waals surface area contributed by atoms with Crippen LogP contribution in [0.1, 0.15) is 19.3 Å². The van der Waals surface area contributed by atoms with E-state index < -0.39 is 5.97 Å². The number of hydrogen-bond acceptors (Lipinski definition) is 3. The highest BCUT2D eigenvalue weighted by Gasteiger charge is 2.03. The SMILES string of the molecule is O=C(O)CCCCNC(=O)Nc1cnc2ccccc2c1. The number of para-hydroxylation sites is 1. The van der Waals surface area contributed by atoms with Gasteiger partial charge in [0.25, 0.3) is 0 Å². The van der Waals surface area contributed by atoms with E-state index in [1.807, 2.05) is 30.3 Å². The lowest BCUT2D eigenvalue weighted by Crippen LogP contribution is -2.29. The maximum atomic E-state index is 11.7. The third kappa shape index (κ3) is 4.76. The molecule has 0 saturated carbocycles. The quantitative estimate of drug-likeness (QED) is 0.712. The number of carboxylic acid groups (broad SMARTS) is 1. The highest BCUT2D eigenvalue weighted by atomic mass is 16.4. The van der Waals surface area contributed by atoms with Crippen molar-refractivity contribution in [2.45, 2.75) is 19.3 Å². The number of anilines is 1. The second-order valence-corrected chi connectivity index (χ2v) is 4.65. The van der Waals surface area contributed by atoms with Crippen molar-refractivity contribution < 1.29 is 14.7 Å². The Hall–Kier alpha value is -2.63. The third-order valence-electron chi connectivity index (χ3n) is 2.95. The van der Waals surface area contributed by atoms with Crippen LogP contribution in [0.3, 0.4) is 0 Å². The minimum atomic E-state index is -0.818. The third-order valence-corrected chi connectivity index (χ3v) is 2.95. The smallest absolute Gasteiger partial charge is 0.319 e. The van der Waals surface area contributed by atoms with Crippen molar-refractivity contribution in [3.8, 4) is 0 Å². The zero-order valence-corrected chi connectivity index (χ0v) is 11.5. The fraction of sp³-hybridized carbons (Fsp3) is 0.267. The van der Waals surface area contributed by atoms with Gasteiger partial charge in [-0.1, -0.05) is 18.2 Å². The standard InChI is InChI=1S/C15H17N3O3/c19-14(20)7-3-4-8-16-15(21)18-12-9-11-5-1-2-6-13(11)17-10-12/h1-2,5-6,9-10H,3-4,7-8H2,(H,19,20)(H2,16,18,21). The van der Waals surface area contributed by atoms with Crippen molar-refractivity contribution in [1.82, 2.24) is 10.3 Å². The molecule has 1 aromatic carbocycles. The Morgan fingerprint density at radius 1 is 1.19 bits per heavy atom. The molecule has 2 rings (SSSR count). The van der Waals surface area contributed by atoms with Gasteiger partial charge in [0, 0.05) is 18.4 Å². The lowest BCUT2D eigenvalue weighted by Gasteiger charge is -2.07. The van der Waals surface area contributed by atoms with Crippen molar-refractivity contribution in [2.75, 3.05) is 11.9 Å².